The number of aryl methyl sites for hydroxylation is 1. The third-order valence-electron chi connectivity index (χ3n) is 6.09. The fourth-order valence-corrected chi connectivity index (χ4v) is 5.36. The number of benzene rings is 3. The summed E-state index contributed by atoms with van der Waals surface area (Å²) in [6.07, 6.45) is 1.36. The van der Waals surface area contributed by atoms with Gasteiger partial charge in [0.2, 0.25) is 5.91 Å². The minimum Gasteiger partial charge on any atom is -0.322 e. The van der Waals surface area contributed by atoms with Crippen LogP contribution in [0.5, 0.6) is 0 Å². The first-order valence-electron chi connectivity index (χ1n) is 11.4. The summed E-state index contributed by atoms with van der Waals surface area (Å²) in [6.45, 7) is 5.78. The van der Waals surface area contributed by atoms with Gasteiger partial charge in [-0.25, -0.2) is 14.3 Å². The molecule has 8 heteroatoms. The molecule has 1 fully saturated rings. The number of fused-ring (bicyclic) bond motifs is 1. The van der Waals surface area contributed by atoms with Crippen LogP contribution in [0.25, 0.3) is 20.8 Å². The predicted molar refractivity (Wildman–Crippen MR) is 138 cm³/mol. The summed E-state index contributed by atoms with van der Waals surface area (Å²) in [5.41, 5.74) is 3.63. The van der Waals surface area contributed by atoms with Crippen molar-refractivity contribution in [2.45, 2.75) is 19.4 Å². The van der Waals surface area contributed by atoms with Crippen LogP contribution in [-0.2, 0) is 9.59 Å². The molecule has 1 saturated heterocycles. The van der Waals surface area contributed by atoms with Gasteiger partial charge >= 0.3 is 0 Å². The summed E-state index contributed by atoms with van der Waals surface area (Å²) < 4.78 is 14.4. The molecule has 1 unspecified atom stereocenters. The second-order valence-electron chi connectivity index (χ2n) is 8.58. The van der Waals surface area contributed by atoms with Gasteiger partial charge in [0, 0.05) is 17.7 Å². The molecule has 1 aliphatic rings. The third-order valence-corrected chi connectivity index (χ3v) is 7.16. The molecule has 36 heavy (non-hydrogen) atoms. The maximum atomic E-state index is 13.3. The van der Waals surface area contributed by atoms with Crippen molar-refractivity contribution in [2.24, 2.45) is 0 Å². The lowest BCUT2D eigenvalue weighted by Crippen LogP contribution is -2.45. The average Bonchev–Trinajstić information content (AvgIpc) is 3.42. The van der Waals surface area contributed by atoms with Crippen LogP contribution in [0, 0.1) is 12.7 Å². The van der Waals surface area contributed by atoms with Crippen molar-refractivity contribution in [3.63, 3.8) is 0 Å². The first kappa shape index (κ1) is 23.6. The minimum atomic E-state index is -0.972. The van der Waals surface area contributed by atoms with E-state index in [1.165, 1.54) is 35.2 Å². The van der Waals surface area contributed by atoms with Crippen molar-refractivity contribution in [1.29, 1.82) is 0 Å². The summed E-state index contributed by atoms with van der Waals surface area (Å²) >= 11 is 1.58. The zero-order valence-corrected chi connectivity index (χ0v) is 20.3. The predicted octanol–water partition coefficient (Wildman–Crippen LogP) is 5.37. The van der Waals surface area contributed by atoms with E-state index in [0.717, 1.165) is 31.3 Å². The minimum absolute atomic E-state index is 0.0732. The SMILES string of the molecule is C=CCN(C(=O)c1ccc(F)cc1)C1CC(=O)N(c2ccc(-c3nc4ccc(C)cc4s3)cc2)C1=O. The topological polar surface area (TPSA) is 70.6 Å². The molecule has 3 aromatic carbocycles. The van der Waals surface area contributed by atoms with E-state index in [1.807, 2.05) is 31.2 Å². The van der Waals surface area contributed by atoms with Gasteiger partial charge in [0.05, 0.1) is 22.3 Å². The van der Waals surface area contributed by atoms with Crippen LogP contribution in [0.3, 0.4) is 0 Å². The quantitative estimate of drug-likeness (QED) is 0.264. The van der Waals surface area contributed by atoms with Crippen LogP contribution in [0.2, 0.25) is 0 Å². The number of halogens is 1. The monoisotopic (exact) mass is 499 g/mol. The first-order chi connectivity index (χ1) is 17.4. The lowest BCUT2D eigenvalue weighted by Gasteiger charge is -2.26. The number of hydrogen-bond donors (Lipinski definition) is 0. The zero-order valence-electron chi connectivity index (χ0n) is 19.5. The Morgan fingerprint density at radius 2 is 1.86 bits per heavy atom. The van der Waals surface area contributed by atoms with Gasteiger partial charge in [0.15, 0.2) is 0 Å². The number of carbonyl (C=O) groups is 3. The molecule has 0 aliphatic carbocycles. The molecule has 0 saturated carbocycles. The third kappa shape index (κ3) is 4.31. The molecule has 0 spiro atoms. The van der Waals surface area contributed by atoms with Gasteiger partial charge in [-0.3, -0.25) is 14.4 Å². The maximum Gasteiger partial charge on any atom is 0.257 e. The number of hydrogen-bond acceptors (Lipinski definition) is 5. The highest BCUT2D eigenvalue weighted by molar-refractivity contribution is 7.21. The summed E-state index contributed by atoms with van der Waals surface area (Å²) in [4.78, 5) is 46.4. The Morgan fingerprint density at radius 3 is 2.56 bits per heavy atom. The summed E-state index contributed by atoms with van der Waals surface area (Å²) in [7, 11) is 0. The molecule has 5 rings (SSSR count). The molecule has 6 nitrogen and oxygen atoms in total. The number of rotatable bonds is 6. The number of anilines is 1. The molecular weight excluding hydrogens is 477 g/mol. The van der Waals surface area contributed by atoms with E-state index >= 15 is 0 Å². The van der Waals surface area contributed by atoms with Crippen LogP contribution in [0.4, 0.5) is 10.1 Å². The molecule has 0 radical (unpaired) electrons. The number of amides is 3. The molecular formula is C28H22FN3O3S. The number of nitrogens with zero attached hydrogens (tertiary/aromatic N) is 3. The Balaban J connectivity index is 1.39. The molecule has 1 aliphatic heterocycles. The molecule has 1 aromatic heterocycles. The van der Waals surface area contributed by atoms with Crippen molar-refractivity contribution >= 4 is 45.0 Å². The number of imide groups is 1. The average molecular weight is 500 g/mol. The van der Waals surface area contributed by atoms with Crippen molar-refractivity contribution in [3.8, 4) is 10.6 Å². The zero-order chi connectivity index (χ0) is 25.4. The summed E-state index contributed by atoms with van der Waals surface area (Å²) in [5.74, 6) is -1.82. The fraction of sp³-hybridized carbons (Fsp3) is 0.143. The molecule has 180 valence electrons. The highest BCUT2D eigenvalue weighted by Gasteiger charge is 2.44. The lowest BCUT2D eigenvalue weighted by atomic mass is 10.1. The van der Waals surface area contributed by atoms with Gasteiger partial charge < -0.3 is 4.90 Å². The van der Waals surface area contributed by atoms with Crippen LogP contribution < -0.4 is 4.90 Å². The van der Waals surface area contributed by atoms with Gasteiger partial charge in [0.1, 0.15) is 16.9 Å². The van der Waals surface area contributed by atoms with E-state index in [9.17, 15) is 18.8 Å². The summed E-state index contributed by atoms with van der Waals surface area (Å²) in [5, 5.41) is 0.848. The van der Waals surface area contributed by atoms with Gasteiger partial charge in [-0.05, 0) is 73.2 Å². The maximum absolute atomic E-state index is 13.3. The fourth-order valence-electron chi connectivity index (χ4n) is 4.29. The van der Waals surface area contributed by atoms with Crippen LogP contribution in [0.1, 0.15) is 22.3 Å². The van der Waals surface area contributed by atoms with Crippen LogP contribution in [-0.4, -0.2) is 40.2 Å². The van der Waals surface area contributed by atoms with Crippen molar-refractivity contribution < 1.29 is 18.8 Å². The number of carbonyl (C=O) groups excluding carboxylic acids is 3. The van der Waals surface area contributed by atoms with E-state index in [-0.39, 0.29) is 18.5 Å². The van der Waals surface area contributed by atoms with E-state index in [2.05, 4.69) is 17.6 Å². The Kier molecular flexibility index (Phi) is 6.20. The van der Waals surface area contributed by atoms with Gasteiger partial charge in [-0.2, -0.15) is 0 Å². The summed E-state index contributed by atoms with van der Waals surface area (Å²) in [6, 6.07) is 17.3. The normalized spacial score (nSPS) is 15.5. The molecule has 4 aromatic rings. The standard InChI is InChI=1S/C28H22FN3O3S/c1-3-14-31(27(34)19-5-9-20(29)10-6-19)23-16-25(33)32(28(23)35)21-11-7-18(8-12-21)26-30-22-13-4-17(2)15-24(22)36-26/h3-13,15,23H,1,14,16H2,2H3. The molecule has 1 atom stereocenters. The lowest BCUT2D eigenvalue weighted by molar-refractivity contribution is -0.122. The van der Waals surface area contributed by atoms with Gasteiger partial charge in [-0.15, -0.1) is 17.9 Å². The van der Waals surface area contributed by atoms with E-state index < -0.39 is 29.6 Å². The Labute approximate surface area is 211 Å². The van der Waals surface area contributed by atoms with Gasteiger partial charge in [0.25, 0.3) is 11.8 Å². The van der Waals surface area contributed by atoms with Crippen molar-refractivity contribution in [2.75, 3.05) is 11.4 Å². The number of aromatic nitrogens is 1. The smallest absolute Gasteiger partial charge is 0.257 e. The highest BCUT2D eigenvalue weighted by Crippen LogP contribution is 2.33. The van der Waals surface area contributed by atoms with E-state index in [1.54, 1.807) is 23.5 Å². The highest BCUT2D eigenvalue weighted by atomic mass is 32.1. The Hall–Kier alpha value is -4.17. The Morgan fingerprint density at radius 1 is 1.14 bits per heavy atom. The number of thiazole rings is 1. The first-order valence-corrected chi connectivity index (χ1v) is 12.2. The molecule has 3 amide bonds. The molecule has 0 N–H and O–H groups in total. The second-order valence-corrected chi connectivity index (χ2v) is 9.61. The van der Waals surface area contributed by atoms with E-state index in [4.69, 9.17) is 0 Å². The van der Waals surface area contributed by atoms with Crippen LogP contribution in [0.15, 0.2) is 79.4 Å². The molecule has 0 bridgehead atoms. The largest absolute Gasteiger partial charge is 0.322 e. The van der Waals surface area contributed by atoms with E-state index in [0.29, 0.717) is 5.69 Å². The van der Waals surface area contributed by atoms with Crippen LogP contribution >= 0.6 is 11.3 Å². The van der Waals surface area contributed by atoms with Gasteiger partial charge in [-0.1, -0.05) is 12.1 Å². The Bertz CT molecular complexity index is 1500. The van der Waals surface area contributed by atoms with Crippen molar-refractivity contribution in [1.82, 2.24) is 9.88 Å². The molecule has 2 heterocycles. The van der Waals surface area contributed by atoms with Crippen molar-refractivity contribution in [3.05, 3.63) is 96.3 Å². The second kappa shape index (κ2) is 9.47.